The minimum absolute atomic E-state index is 0.00705. The van der Waals surface area contributed by atoms with Crippen molar-refractivity contribution in [1.82, 2.24) is 0 Å². The lowest BCUT2D eigenvalue weighted by Gasteiger charge is -2.21. The molecule has 0 heterocycles. The fourth-order valence-corrected chi connectivity index (χ4v) is 3.33. The molecule has 2 amide bonds. The molecule has 6 heteroatoms. The molecule has 1 saturated carbocycles. The maximum atomic E-state index is 12.8. The van der Waals surface area contributed by atoms with Crippen molar-refractivity contribution in [3.8, 4) is 0 Å². The zero-order valence-electron chi connectivity index (χ0n) is 14.6. The molecule has 1 aliphatic rings. The number of hydrogen-bond acceptors (Lipinski definition) is 2. The van der Waals surface area contributed by atoms with Crippen molar-refractivity contribution in [3.63, 3.8) is 0 Å². The van der Waals surface area contributed by atoms with Gasteiger partial charge in [-0.1, -0.05) is 35.3 Å². The summed E-state index contributed by atoms with van der Waals surface area (Å²) in [5.74, 6) is -0.761. The van der Waals surface area contributed by atoms with Crippen LogP contribution in [0.2, 0.25) is 10.0 Å². The molecule has 136 valence electrons. The molecule has 0 aromatic heterocycles. The summed E-state index contributed by atoms with van der Waals surface area (Å²) in [4.78, 5) is 27.0. The van der Waals surface area contributed by atoms with Crippen LogP contribution >= 0.6 is 23.2 Å². The summed E-state index contributed by atoms with van der Waals surface area (Å²) in [6.07, 6.45) is 0.564. The van der Waals surface area contributed by atoms with E-state index in [4.69, 9.17) is 23.2 Å². The Balaban J connectivity index is 1.65. The summed E-state index contributed by atoms with van der Waals surface area (Å²) in [5.41, 5.74) is 2.54. The second kappa shape index (κ2) is 7.68. The number of nitrogens with one attached hydrogen (secondary N) is 1. The molecule has 0 radical (unpaired) electrons. The Morgan fingerprint density at radius 1 is 1.12 bits per heavy atom. The number of carbonyl (C=O) groups excluding carboxylic acids is 2. The van der Waals surface area contributed by atoms with Crippen LogP contribution in [-0.2, 0) is 9.59 Å². The zero-order valence-corrected chi connectivity index (χ0v) is 16.1. The van der Waals surface area contributed by atoms with Crippen LogP contribution in [0.5, 0.6) is 0 Å². The highest BCUT2D eigenvalue weighted by Gasteiger charge is 2.49. The van der Waals surface area contributed by atoms with E-state index in [1.54, 1.807) is 23.1 Å². The van der Waals surface area contributed by atoms with Gasteiger partial charge in [-0.3, -0.25) is 9.59 Å². The van der Waals surface area contributed by atoms with E-state index < -0.39 is 0 Å². The van der Waals surface area contributed by atoms with Crippen LogP contribution in [0.4, 0.5) is 11.4 Å². The number of nitrogens with zero attached hydrogens (tertiary/aromatic N) is 1. The van der Waals surface area contributed by atoms with E-state index in [1.165, 1.54) is 0 Å². The zero-order chi connectivity index (χ0) is 18.8. The number of hydrogen-bond donors (Lipinski definition) is 1. The van der Waals surface area contributed by atoms with E-state index in [0.717, 1.165) is 11.3 Å². The summed E-state index contributed by atoms with van der Waals surface area (Å²) in [7, 11) is 0. The summed E-state index contributed by atoms with van der Waals surface area (Å²) in [6, 6.07) is 12.7. The molecule has 0 saturated heterocycles. The van der Waals surface area contributed by atoms with Crippen molar-refractivity contribution in [3.05, 3.63) is 58.1 Å². The van der Waals surface area contributed by atoms with Crippen LogP contribution in [0.3, 0.4) is 0 Å². The molecule has 2 unspecified atom stereocenters. The van der Waals surface area contributed by atoms with E-state index in [1.807, 2.05) is 38.1 Å². The Morgan fingerprint density at radius 3 is 2.54 bits per heavy atom. The van der Waals surface area contributed by atoms with Gasteiger partial charge in [0.15, 0.2) is 0 Å². The largest absolute Gasteiger partial charge is 0.326 e. The molecule has 26 heavy (non-hydrogen) atoms. The Bertz CT molecular complexity index is 853. The van der Waals surface area contributed by atoms with Gasteiger partial charge in [0.2, 0.25) is 11.8 Å². The molecule has 1 fully saturated rings. The lowest BCUT2D eigenvalue weighted by molar-refractivity contribution is -0.123. The third-order valence-electron chi connectivity index (χ3n) is 4.53. The molecule has 2 atom stereocenters. The van der Waals surface area contributed by atoms with Gasteiger partial charge in [0.1, 0.15) is 0 Å². The molecule has 0 bridgehead atoms. The van der Waals surface area contributed by atoms with Gasteiger partial charge in [0, 0.05) is 17.9 Å². The SMILES string of the molecule is CCN(C(=O)C1CC1C(=O)Nc1ccc(Cl)c(Cl)c1)c1cccc(C)c1. The molecular formula is C20H20Cl2N2O2. The van der Waals surface area contributed by atoms with E-state index in [2.05, 4.69) is 5.32 Å². The Morgan fingerprint density at radius 2 is 1.88 bits per heavy atom. The molecule has 0 aliphatic heterocycles. The molecular weight excluding hydrogens is 371 g/mol. The van der Waals surface area contributed by atoms with Gasteiger partial charge in [-0.05, 0) is 56.2 Å². The van der Waals surface area contributed by atoms with Crippen molar-refractivity contribution in [2.75, 3.05) is 16.8 Å². The molecule has 2 aromatic carbocycles. The van der Waals surface area contributed by atoms with Crippen molar-refractivity contribution >= 4 is 46.4 Å². The Hall–Kier alpha value is -2.04. The van der Waals surface area contributed by atoms with E-state index in [-0.39, 0.29) is 23.7 Å². The van der Waals surface area contributed by atoms with Crippen molar-refractivity contribution in [1.29, 1.82) is 0 Å². The number of amides is 2. The third kappa shape index (κ3) is 4.02. The highest BCUT2D eigenvalue weighted by Crippen LogP contribution is 2.41. The summed E-state index contributed by atoms with van der Waals surface area (Å²) in [6.45, 7) is 4.50. The predicted octanol–water partition coefficient (Wildman–Crippen LogP) is 4.93. The average Bonchev–Trinajstić information content (AvgIpc) is 3.40. The molecule has 4 nitrogen and oxygen atoms in total. The Kier molecular flexibility index (Phi) is 5.54. The Labute approximate surface area is 163 Å². The van der Waals surface area contributed by atoms with Crippen molar-refractivity contribution in [2.24, 2.45) is 11.8 Å². The summed E-state index contributed by atoms with van der Waals surface area (Å²) in [5, 5.41) is 3.62. The standard InChI is InChI=1S/C20H20Cl2N2O2/c1-3-24(14-6-4-5-12(2)9-14)20(26)16-11-15(16)19(25)23-13-7-8-17(21)18(22)10-13/h4-10,15-16H,3,11H2,1-2H3,(H,23,25). The van der Waals surface area contributed by atoms with Gasteiger partial charge in [-0.25, -0.2) is 0 Å². The van der Waals surface area contributed by atoms with Crippen LogP contribution in [-0.4, -0.2) is 18.4 Å². The van der Waals surface area contributed by atoms with E-state index in [0.29, 0.717) is 28.7 Å². The maximum Gasteiger partial charge on any atom is 0.230 e. The number of benzene rings is 2. The van der Waals surface area contributed by atoms with Gasteiger partial charge in [0.25, 0.3) is 0 Å². The normalized spacial score (nSPS) is 18.3. The fourth-order valence-electron chi connectivity index (χ4n) is 3.03. The van der Waals surface area contributed by atoms with Crippen LogP contribution in [0.25, 0.3) is 0 Å². The molecule has 3 rings (SSSR count). The minimum atomic E-state index is -0.309. The summed E-state index contributed by atoms with van der Waals surface area (Å²) >= 11 is 11.9. The van der Waals surface area contributed by atoms with E-state index in [9.17, 15) is 9.59 Å². The monoisotopic (exact) mass is 390 g/mol. The molecule has 0 spiro atoms. The first-order valence-electron chi connectivity index (χ1n) is 8.54. The first-order valence-corrected chi connectivity index (χ1v) is 9.30. The number of anilines is 2. The highest BCUT2D eigenvalue weighted by molar-refractivity contribution is 6.42. The topological polar surface area (TPSA) is 49.4 Å². The van der Waals surface area contributed by atoms with Gasteiger partial charge in [-0.2, -0.15) is 0 Å². The number of aryl methyl sites for hydroxylation is 1. The number of rotatable bonds is 5. The van der Waals surface area contributed by atoms with Crippen LogP contribution < -0.4 is 10.2 Å². The predicted molar refractivity (Wildman–Crippen MR) is 106 cm³/mol. The summed E-state index contributed by atoms with van der Waals surface area (Å²) < 4.78 is 0. The third-order valence-corrected chi connectivity index (χ3v) is 5.27. The molecule has 1 N–H and O–H groups in total. The van der Waals surface area contributed by atoms with Crippen LogP contribution in [0, 0.1) is 18.8 Å². The van der Waals surface area contributed by atoms with Crippen molar-refractivity contribution in [2.45, 2.75) is 20.3 Å². The van der Waals surface area contributed by atoms with Crippen LogP contribution in [0.15, 0.2) is 42.5 Å². The minimum Gasteiger partial charge on any atom is -0.326 e. The van der Waals surface area contributed by atoms with Gasteiger partial charge >= 0.3 is 0 Å². The van der Waals surface area contributed by atoms with Gasteiger partial charge in [0.05, 0.1) is 21.9 Å². The maximum absolute atomic E-state index is 12.8. The van der Waals surface area contributed by atoms with E-state index >= 15 is 0 Å². The molecule has 2 aromatic rings. The quantitative estimate of drug-likeness (QED) is 0.786. The lowest BCUT2D eigenvalue weighted by Crippen LogP contribution is -2.33. The number of halogens is 2. The van der Waals surface area contributed by atoms with Crippen LogP contribution in [0.1, 0.15) is 18.9 Å². The highest BCUT2D eigenvalue weighted by atomic mass is 35.5. The van der Waals surface area contributed by atoms with Gasteiger partial charge < -0.3 is 10.2 Å². The fraction of sp³-hybridized carbons (Fsp3) is 0.300. The average molecular weight is 391 g/mol. The second-order valence-electron chi connectivity index (χ2n) is 6.49. The molecule has 1 aliphatic carbocycles. The van der Waals surface area contributed by atoms with Crippen molar-refractivity contribution < 1.29 is 9.59 Å². The first kappa shape index (κ1) is 18.7. The van der Waals surface area contributed by atoms with Gasteiger partial charge in [-0.15, -0.1) is 0 Å². The smallest absolute Gasteiger partial charge is 0.230 e. The first-order chi connectivity index (χ1) is 12.4. The second-order valence-corrected chi connectivity index (χ2v) is 7.30. The number of carbonyl (C=O) groups is 2. The lowest BCUT2D eigenvalue weighted by atomic mass is 10.2.